The van der Waals surface area contributed by atoms with E-state index in [2.05, 4.69) is 31.4 Å². The third-order valence-corrected chi connectivity index (χ3v) is 6.39. The molecule has 1 N–H and O–H groups in total. The molecule has 0 saturated carbocycles. The second kappa shape index (κ2) is 8.51. The normalized spacial score (nSPS) is 10.7. The van der Waals surface area contributed by atoms with Crippen LogP contribution in [0.4, 0.5) is 5.13 Å². The lowest BCUT2D eigenvalue weighted by atomic mass is 10.2. The van der Waals surface area contributed by atoms with Gasteiger partial charge in [0.1, 0.15) is 0 Å². The molecule has 9 heteroatoms. The Bertz CT molecular complexity index is 903. The summed E-state index contributed by atoms with van der Waals surface area (Å²) in [6.45, 7) is 0. The number of aromatic nitrogens is 2. The van der Waals surface area contributed by atoms with Crippen molar-refractivity contribution in [3.05, 3.63) is 68.1 Å². The van der Waals surface area contributed by atoms with Gasteiger partial charge in [-0.2, -0.15) is 0 Å². The minimum absolute atomic E-state index is 0.218. The van der Waals surface area contributed by atoms with E-state index in [1.165, 1.54) is 23.1 Å². The number of carbonyl (C=O) groups excluding carboxylic acids is 1. The van der Waals surface area contributed by atoms with E-state index in [9.17, 15) is 4.79 Å². The van der Waals surface area contributed by atoms with Crippen LogP contribution >= 0.6 is 62.2 Å². The van der Waals surface area contributed by atoms with Crippen molar-refractivity contribution in [2.75, 3.05) is 5.32 Å². The first-order chi connectivity index (χ1) is 12.0. The Kier molecular flexibility index (Phi) is 6.35. The number of hydrogen-bond donors (Lipinski definition) is 1. The lowest BCUT2D eigenvalue weighted by Crippen LogP contribution is -2.11. The smallest absolute Gasteiger partial charge is 0.257 e. The molecule has 0 radical (unpaired) electrons. The van der Waals surface area contributed by atoms with Crippen LogP contribution in [0.1, 0.15) is 15.9 Å². The standard InChI is InChI=1S/C16H10BrCl2N3OS2/c17-11-4-2-10(3-5-11)14(23)20-15-21-22-16(25-15)24-8-9-1-6-12(18)13(19)7-9/h1-7H,8H2,(H,20,21,23). The van der Waals surface area contributed by atoms with Crippen LogP contribution in [0.15, 0.2) is 51.3 Å². The fourth-order valence-electron chi connectivity index (χ4n) is 1.86. The van der Waals surface area contributed by atoms with Crippen molar-refractivity contribution in [2.45, 2.75) is 10.1 Å². The van der Waals surface area contributed by atoms with Gasteiger partial charge in [0.15, 0.2) is 4.34 Å². The molecular formula is C16H10BrCl2N3OS2. The van der Waals surface area contributed by atoms with Gasteiger partial charge in [-0.1, -0.05) is 68.3 Å². The molecule has 0 bridgehead atoms. The first-order valence-corrected chi connectivity index (χ1v) is 10.3. The highest BCUT2D eigenvalue weighted by atomic mass is 79.9. The summed E-state index contributed by atoms with van der Waals surface area (Å²) in [5, 5.41) is 12.4. The first kappa shape index (κ1) is 18.7. The third-order valence-electron chi connectivity index (χ3n) is 3.08. The molecule has 128 valence electrons. The molecule has 0 spiro atoms. The summed E-state index contributed by atoms with van der Waals surface area (Å²) in [6.07, 6.45) is 0. The molecule has 0 aliphatic carbocycles. The van der Waals surface area contributed by atoms with Gasteiger partial charge in [0.05, 0.1) is 10.0 Å². The minimum atomic E-state index is -0.218. The average molecular weight is 475 g/mol. The summed E-state index contributed by atoms with van der Waals surface area (Å²) in [5.41, 5.74) is 1.60. The largest absolute Gasteiger partial charge is 0.296 e. The molecule has 25 heavy (non-hydrogen) atoms. The number of amides is 1. The molecule has 2 aromatic carbocycles. The number of rotatable bonds is 5. The van der Waals surface area contributed by atoms with E-state index in [0.29, 0.717) is 26.5 Å². The number of carbonyl (C=O) groups is 1. The van der Waals surface area contributed by atoms with Gasteiger partial charge in [-0.15, -0.1) is 10.2 Å². The van der Waals surface area contributed by atoms with E-state index >= 15 is 0 Å². The Balaban J connectivity index is 1.59. The quantitative estimate of drug-likeness (QED) is 0.355. The van der Waals surface area contributed by atoms with E-state index in [-0.39, 0.29) is 5.91 Å². The van der Waals surface area contributed by atoms with Crippen molar-refractivity contribution in [2.24, 2.45) is 0 Å². The molecular weight excluding hydrogens is 465 g/mol. The molecule has 0 aliphatic rings. The molecule has 0 aliphatic heterocycles. The first-order valence-electron chi connectivity index (χ1n) is 6.98. The predicted molar refractivity (Wildman–Crippen MR) is 108 cm³/mol. The number of halogens is 3. The monoisotopic (exact) mass is 473 g/mol. The zero-order valence-corrected chi connectivity index (χ0v) is 17.2. The number of benzene rings is 2. The molecule has 1 aromatic heterocycles. The van der Waals surface area contributed by atoms with Gasteiger partial charge in [0.25, 0.3) is 5.91 Å². The van der Waals surface area contributed by atoms with Crippen LogP contribution < -0.4 is 5.32 Å². The van der Waals surface area contributed by atoms with Crippen LogP contribution in [-0.2, 0) is 5.75 Å². The van der Waals surface area contributed by atoms with Gasteiger partial charge in [-0.05, 0) is 42.0 Å². The van der Waals surface area contributed by atoms with Crippen LogP contribution in [0.25, 0.3) is 0 Å². The summed E-state index contributed by atoms with van der Waals surface area (Å²) in [4.78, 5) is 12.2. The Labute approximate surface area is 171 Å². The van der Waals surface area contributed by atoms with Gasteiger partial charge in [-0.3, -0.25) is 10.1 Å². The highest BCUT2D eigenvalue weighted by Gasteiger charge is 2.11. The summed E-state index contributed by atoms with van der Waals surface area (Å²) < 4.78 is 1.68. The van der Waals surface area contributed by atoms with Crippen LogP contribution in [0.5, 0.6) is 0 Å². The zero-order chi connectivity index (χ0) is 17.8. The number of nitrogens with zero attached hydrogens (tertiary/aromatic N) is 2. The van der Waals surface area contributed by atoms with Gasteiger partial charge in [0.2, 0.25) is 5.13 Å². The molecule has 4 nitrogen and oxygen atoms in total. The van der Waals surface area contributed by atoms with Gasteiger partial charge >= 0.3 is 0 Å². The summed E-state index contributed by atoms with van der Waals surface area (Å²) in [6, 6.07) is 12.6. The van der Waals surface area contributed by atoms with E-state index in [0.717, 1.165) is 14.4 Å². The fraction of sp³-hybridized carbons (Fsp3) is 0.0625. The molecule has 0 atom stereocenters. The molecule has 0 fully saturated rings. The second-order valence-corrected chi connectivity index (χ2v) is 8.80. The van der Waals surface area contributed by atoms with Gasteiger partial charge in [0, 0.05) is 15.8 Å². The van der Waals surface area contributed by atoms with Crippen LogP contribution in [0.2, 0.25) is 10.0 Å². The van der Waals surface area contributed by atoms with E-state index in [4.69, 9.17) is 23.2 Å². The van der Waals surface area contributed by atoms with E-state index < -0.39 is 0 Å². The fourth-order valence-corrected chi connectivity index (χ4v) is 4.14. The second-order valence-electron chi connectivity index (χ2n) is 4.87. The number of hydrogen-bond acceptors (Lipinski definition) is 5. The number of anilines is 1. The van der Waals surface area contributed by atoms with Crippen molar-refractivity contribution in [3.8, 4) is 0 Å². The Morgan fingerprint density at radius 2 is 1.88 bits per heavy atom. The predicted octanol–water partition coefficient (Wildman–Crippen LogP) is 6.15. The maximum atomic E-state index is 12.2. The Hall–Kier alpha value is -1.12. The van der Waals surface area contributed by atoms with Crippen molar-refractivity contribution in [1.82, 2.24) is 10.2 Å². The van der Waals surface area contributed by atoms with Crippen molar-refractivity contribution < 1.29 is 4.79 Å². The summed E-state index contributed by atoms with van der Waals surface area (Å²) >= 11 is 18.1. The highest BCUT2D eigenvalue weighted by molar-refractivity contribution is 9.10. The van der Waals surface area contributed by atoms with Gasteiger partial charge < -0.3 is 0 Å². The molecule has 0 unspecified atom stereocenters. The van der Waals surface area contributed by atoms with Crippen LogP contribution in [0, 0.1) is 0 Å². The minimum Gasteiger partial charge on any atom is -0.296 e. The average Bonchev–Trinajstić information content (AvgIpc) is 3.04. The van der Waals surface area contributed by atoms with Crippen LogP contribution in [-0.4, -0.2) is 16.1 Å². The lowest BCUT2D eigenvalue weighted by molar-refractivity contribution is 0.102. The molecule has 1 amide bonds. The molecule has 3 rings (SSSR count). The highest BCUT2D eigenvalue weighted by Crippen LogP contribution is 2.30. The topological polar surface area (TPSA) is 54.9 Å². The molecule has 0 saturated heterocycles. The Morgan fingerprint density at radius 1 is 1.12 bits per heavy atom. The number of thioether (sulfide) groups is 1. The lowest BCUT2D eigenvalue weighted by Gasteiger charge is -2.01. The molecule has 1 heterocycles. The summed E-state index contributed by atoms with van der Waals surface area (Å²) in [5.74, 6) is 0.469. The van der Waals surface area contributed by atoms with Crippen LogP contribution in [0.3, 0.4) is 0 Å². The van der Waals surface area contributed by atoms with E-state index in [1.807, 2.05) is 24.3 Å². The maximum Gasteiger partial charge on any atom is 0.257 e. The third kappa shape index (κ3) is 5.18. The van der Waals surface area contributed by atoms with Gasteiger partial charge in [-0.25, -0.2) is 0 Å². The van der Waals surface area contributed by atoms with Crippen molar-refractivity contribution in [1.29, 1.82) is 0 Å². The van der Waals surface area contributed by atoms with E-state index in [1.54, 1.807) is 18.2 Å². The van der Waals surface area contributed by atoms with Crippen molar-refractivity contribution >= 4 is 73.3 Å². The summed E-state index contributed by atoms with van der Waals surface area (Å²) in [7, 11) is 0. The van der Waals surface area contributed by atoms with Crippen molar-refractivity contribution in [3.63, 3.8) is 0 Å². The zero-order valence-electron chi connectivity index (χ0n) is 12.5. The SMILES string of the molecule is O=C(Nc1nnc(SCc2ccc(Cl)c(Cl)c2)s1)c1ccc(Br)cc1. The number of nitrogens with one attached hydrogen (secondary N) is 1. The Morgan fingerprint density at radius 3 is 2.60 bits per heavy atom. The maximum absolute atomic E-state index is 12.2. The molecule has 3 aromatic rings.